The number of rotatable bonds is 9. The van der Waals surface area contributed by atoms with Crippen LogP contribution in [0.3, 0.4) is 0 Å². The molecular formula is C18H34N4O. The molecule has 5 heteroatoms. The topological polar surface area (TPSA) is 56.7 Å². The van der Waals surface area contributed by atoms with E-state index in [-0.39, 0.29) is 5.91 Å². The van der Waals surface area contributed by atoms with Crippen molar-refractivity contribution < 1.29 is 4.79 Å². The van der Waals surface area contributed by atoms with Gasteiger partial charge in [0.05, 0.1) is 6.54 Å². The Morgan fingerprint density at radius 1 is 1.22 bits per heavy atom. The van der Waals surface area contributed by atoms with Gasteiger partial charge in [-0.15, -0.1) is 0 Å². The lowest BCUT2D eigenvalue weighted by Crippen LogP contribution is -2.38. The van der Waals surface area contributed by atoms with Crippen LogP contribution in [0, 0.1) is 0 Å². The van der Waals surface area contributed by atoms with Gasteiger partial charge in [0.1, 0.15) is 0 Å². The first-order valence-corrected chi connectivity index (χ1v) is 9.19. The second-order valence-corrected chi connectivity index (χ2v) is 5.86. The zero-order valence-corrected chi connectivity index (χ0v) is 15.2. The summed E-state index contributed by atoms with van der Waals surface area (Å²) in [4.78, 5) is 18.3. The Balaban J connectivity index is 2.34. The van der Waals surface area contributed by atoms with Gasteiger partial charge in [0.2, 0.25) is 5.91 Å². The van der Waals surface area contributed by atoms with E-state index in [0.29, 0.717) is 13.0 Å². The van der Waals surface area contributed by atoms with Crippen molar-refractivity contribution in [2.75, 3.05) is 32.7 Å². The molecule has 0 aliphatic heterocycles. The highest BCUT2D eigenvalue weighted by molar-refractivity contribution is 5.80. The Morgan fingerprint density at radius 2 is 2.00 bits per heavy atom. The number of hydrogen-bond acceptors (Lipinski definition) is 2. The number of nitrogens with zero attached hydrogens (tertiary/aromatic N) is 2. The van der Waals surface area contributed by atoms with Crippen LogP contribution in [0.2, 0.25) is 0 Å². The molecule has 0 heterocycles. The van der Waals surface area contributed by atoms with E-state index in [1.165, 1.54) is 25.7 Å². The fourth-order valence-electron chi connectivity index (χ4n) is 2.81. The third kappa shape index (κ3) is 8.05. The van der Waals surface area contributed by atoms with Crippen LogP contribution in [-0.2, 0) is 4.79 Å². The summed E-state index contributed by atoms with van der Waals surface area (Å²) in [6.45, 7) is 9.89. The summed E-state index contributed by atoms with van der Waals surface area (Å²) in [7, 11) is 0. The maximum absolute atomic E-state index is 12.0. The van der Waals surface area contributed by atoms with Gasteiger partial charge in [0, 0.05) is 32.6 Å². The van der Waals surface area contributed by atoms with Gasteiger partial charge in [0.25, 0.3) is 0 Å². The quantitative estimate of drug-likeness (QED) is 0.390. The molecule has 1 rings (SSSR count). The second kappa shape index (κ2) is 12.0. The van der Waals surface area contributed by atoms with Crippen LogP contribution in [-0.4, -0.2) is 49.5 Å². The van der Waals surface area contributed by atoms with Crippen LogP contribution in [0.25, 0.3) is 0 Å². The molecule has 0 saturated heterocycles. The standard InChI is InChI=1S/C18H34N4O/c1-4-19-18(20-14-12-16-10-8-7-9-11-16)21-15-13-17(23)22(5-2)6-3/h10H,4-9,11-15H2,1-3H3,(H2,19,20,21). The maximum Gasteiger partial charge on any atom is 0.224 e. The molecule has 132 valence electrons. The predicted octanol–water partition coefficient (Wildman–Crippen LogP) is 2.69. The predicted molar refractivity (Wildman–Crippen MR) is 97.7 cm³/mol. The molecule has 0 aromatic rings. The van der Waals surface area contributed by atoms with Gasteiger partial charge in [-0.1, -0.05) is 11.6 Å². The van der Waals surface area contributed by atoms with E-state index in [1.807, 2.05) is 18.7 Å². The summed E-state index contributed by atoms with van der Waals surface area (Å²) in [5, 5.41) is 6.62. The number of carbonyl (C=O) groups is 1. The van der Waals surface area contributed by atoms with E-state index < -0.39 is 0 Å². The molecule has 23 heavy (non-hydrogen) atoms. The molecule has 0 unspecified atom stereocenters. The fraction of sp³-hybridized carbons (Fsp3) is 0.778. The molecule has 0 atom stereocenters. The molecule has 2 N–H and O–H groups in total. The molecule has 1 aliphatic rings. The first-order chi connectivity index (χ1) is 11.2. The van der Waals surface area contributed by atoms with Crippen molar-refractivity contribution in [2.45, 2.75) is 59.3 Å². The Bertz CT molecular complexity index is 400. The largest absolute Gasteiger partial charge is 0.357 e. The SMILES string of the molecule is CCNC(=NCCC(=O)N(CC)CC)NCCC1=CCCCC1. The summed E-state index contributed by atoms with van der Waals surface area (Å²) in [6.07, 6.45) is 9.09. The third-order valence-corrected chi connectivity index (χ3v) is 4.18. The van der Waals surface area contributed by atoms with E-state index in [1.54, 1.807) is 5.57 Å². The Kier molecular flexibility index (Phi) is 10.2. The van der Waals surface area contributed by atoms with Gasteiger partial charge in [0.15, 0.2) is 5.96 Å². The van der Waals surface area contributed by atoms with Crippen LogP contribution in [0.15, 0.2) is 16.6 Å². The van der Waals surface area contributed by atoms with Gasteiger partial charge in [-0.05, 0) is 52.9 Å². The lowest BCUT2D eigenvalue weighted by atomic mass is 9.97. The van der Waals surface area contributed by atoms with Gasteiger partial charge < -0.3 is 15.5 Å². The van der Waals surface area contributed by atoms with Gasteiger partial charge >= 0.3 is 0 Å². The van der Waals surface area contributed by atoms with Crippen molar-refractivity contribution >= 4 is 11.9 Å². The molecule has 1 amide bonds. The average Bonchev–Trinajstić information content (AvgIpc) is 2.57. The van der Waals surface area contributed by atoms with Crippen molar-refractivity contribution in [3.05, 3.63) is 11.6 Å². The highest BCUT2D eigenvalue weighted by Crippen LogP contribution is 2.19. The van der Waals surface area contributed by atoms with E-state index in [4.69, 9.17) is 0 Å². The molecule has 5 nitrogen and oxygen atoms in total. The summed E-state index contributed by atoms with van der Waals surface area (Å²) < 4.78 is 0. The first-order valence-electron chi connectivity index (χ1n) is 9.19. The third-order valence-electron chi connectivity index (χ3n) is 4.18. The molecule has 0 aromatic heterocycles. The van der Waals surface area contributed by atoms with Crippen LogP contribution in [0.1, 0.15) is 59.3 Å². The number of allylic oxidation sites excluding steroid dienone is 1. The van der Waals surface area contributed by atoms with Crippen LogP contribution in [0.4, 0.5) is 0 Å². The first kappa shape index (κ1) is 19.5. The van der Waals surface area contributed by atoms with E-state index in [2.05, 4.69) is 28.6 Å². The molecule has 0 bridgehead atoms. The van der Waals surface area contributed by atoms with Gasteiger partial charge in [-0.25, -0.2) is 0 Å². The Labute approximate surface area is 141 Å². The second-order valence-electron chi connectivity index (χ2n) is 5.86. The zero-order valence-electron chi connectivity index (χ0n) is 15.2. The summed E-state index contributed by atoms with van der Waals surface area (Å²) in [5.74, 6) is 0.998. The minimum atomic E-state index is 0.182. The average molecular weight is 322 g/mol. The lowest BCUT2D eigenvalue weighted by Gasteiger charge is -2.18. The number of nitrogens with one attached hydrogen (secondary N) is 2. The number of amides is 1. The summed E-state index contributed by atoms with van der Waals surface area (Å²) in [6, 6.07) is 0. The number of hydrogen-bond donors (Lipinski definition) is 2. The fourth-order valence-corrected chi connectivity index (χ4v) is 2.81. The highest BCUT2D eigenvalue weighted by atomic mass is 16.2. The van der Waals surface area contributed by atoms with Crippen LogP contribution >= 0.6 is 0 Å². The molecule has 0 fully saturated rings. The van der Waals surface area contributed by atoms with Crippen LogP contribution < -0.4 is 10.6 Å². The summed E-state index contributed by atoms with van der Waals surface area (Å²) >= 11 is 0. The number of aliphatic imine (C=N–C) groups is 1. The van der Waals surface area contributed by atoms with E-state index in [0.717, 1.165) is 38.6 Å². The van der Waals surface area contributed by atoms with Crippen LogP contribution in [0.5, 0.6) is 0 Å². The number of carbonyl (C=O) groups excluding carboxylic acids is 1. The Hall–Kier alpha value is -1.52. The van der Waals surface area contributed by atoms with Crippen molar-refractivity contribution in [2.24, 2.45) is 4.99 Å². The Morgan fingerprint density at radius 3 is 2.61 bits per heavy atom. The smallest absolute Gasteiger partial charge is 0.224 e. The number of guanidine groups is 1. The maximum atomic E-state index is 12.0. The molecule has 0 radical (unpaired) electrons. The van der Waals surface area contributed by atoms with E-state index >= 15 is 0 Å². The molecule has 0 saturated carbocycles. The van der Waals surface area contributed by atoms with Crippen molar-refractivity contribution in [1.82, 2.24) is 15.5 Å². The zero-order chi connectivity index (χ0) is 16.9. The molecule has 0 spiro atoms. The van der Waals surface area contributed by atoms with Crippen molar-refractivity contribution in [3.8, 4) is 0 Å². The molecular weight excluding hydrogens is 288 g/mol. The normalized spacial score (nSPS) is 15.1. The lowest BCUT2D eigenvalue weighted by molar-refractivity contribution is -0.130. The molecule has 1 aliphatic carbocycles. The van der Waals surface area contributed by atoms with Gasteiger partial charge in [-0.3, -0.25) is 9.79 Å². The summed E-state index contributed by atoms with van der Waals surface area (Å²) in [5.41, 5.74) is 1.57. The van der Waals surface area contributed by atoms with Crippen molar-refractivity contribution in [1.29, 1.82) is 0 Å². The highest BCUT2D eigenvalue weighted by Gasteiger charge is 2.08. The monoisotopic (exact) mass is 322 g/mol. The minimum Gasteiger partial charge on any atom is -0.357 e. The van der Waals surface area contributed by atoms with E-state index in [9.17, 15) is 4.79 Å². The molecule has 0 aromatic carbocycles. The van der Waals surface area contributed by atoms with Gasteiger partial charge in [-0.2, -0.15) is 0 Å². The van der Waals surface area contributed by atoms with Crippen molar-refractivity contribution in [3.63, 3.8) is 0 Å². The minimum absolute atomic E-state index is 0.182.